The topological polar surface area (TPSA) is 62.2 Å². The zero-order chi connectivity index (χ0) is 15.6. The van der Waals surface area contributed by atoms with Crippen molar-refractivity contribution in [2.24, 2.45) is 0 Å². The smallest absolute Gasteiger partial charge is 0.225 e. The van der Waals surface area contributed by atoms with Crippen LogP contribution < -0.4 is 5.32 Å². The summed E-state index contributed by atoms with van der Waals surface area (Å²) in [5.74, 6) is 2.13. The lowest BCUT2D eigenvalue weighted by atomic mass is 10.2. The number of amides is 1. The number of hydrogen-bond acceptors (Lipinski definition) is 5. The van der Waals surface area contributed by atoms with Gasteiger partial charge in [0, 0.05) is 29.0 Å². The molecule has 0 unspecified atom stereocenters. The number of nitrogens with zero attached hydrogens (tertiary/aromatic N) is 1. The number of anilines is 1. The Bertz CT molecular complexity index is 573. The maximum atomic E-state index is 11.9. The third kappa shape index (κ3) is 6.17. The number of thioether (sulfide) groups is 1. The van der Waals surface area contributed by atoms with E-state index in [-0.39, 0.29) is 12.5 Å². The zero-order valence-electron chi connectivity index (χ0n) is 12.3. The molecule has 0 aliphatic heterocycles. The molecule has 4 nitrogen and oxygen atoms in total. The van der Waals surface area contributed by atoms with Crippen molar-refractivity contribution in [3.8, 4) is 0 Å². The molecule has 0 aliphatic carbocycles. The fourth-order valence-electron chi connectivity index (χ4n) is 1.97. The van der Waals surface area contributed by atoms with Crippen molar-refractivity contribution in [1.82, 2.24) is 4.98 Å². The highest BCUT2D eigenvalue weighted by molar-refractivity contribution is 7.98. The van der Waals surface area contributed by atoms with Gasteiger partial charge < -0.3 is 10.4 Å². The van der Waals surface area contributed by atoms with Crippen LogP contribution in [0.2, 0.25) is 0 Å². The summed E-state index contributed by atoms with van der Waals surface area (Å²) in [5.41, 5.74) is 1.10. The molecule has 118 valence electrons. The lowest BCUT2D eigenvalue weighted by Crippen LogP contribution is -2.12. The van der Waals surface area contributed by atoms with E-state index in [4.69, 9.17) is 5.11 Å². The number of aromatic nitrogens is 1. The van der Waals surface area contributed by atoms with E-state index in [2.05, 4.69) is 21.7 Å². The lowest BCUT2D eigenvalue weighted by molar-refractivity contribution is -0.116. The quantitative estimate of drug-likeness (QED) is 0.690. The average molecular weight is 336 g/mol. The fourth-order valence-corrected chi connectivity index (χ4v) is 3.41. The number of pyridine rings is 1. The van der Waals surface area contributed by atoms with Gasteiger partial charge in [0.2, 0.25) is 5.91 Å². The van der Waals surface area contributed by atoms with Crippen molar-refractivity contribution >= 4 is 34.8 Å². The second kappa shape index (κ2) is 9.61. The molecule has 2 aromatic rings. The molecule has 0 aliphatic rings. The first-order valence-corrected chi connectivity index (χ1v) is 9.27. The predicted molar refractivity (Wildman–Crippen MR) is 93.4 cm³/mol. The molecule has 0 saturated carbocycles. The molecule has 0 fully saturated rings. The number of nitrogens with one attached hydrogen (secondary N) is 1. The number of aryl methyl sites for hydroxylation is 1. The van der Waals surface area contributed by atoms with Gasteiger partial charge >= 0.3 is 0 Å². The third-order valence-corrected chi connectivity index (χ3v) is 4.95. The molecule has 2 heterocycles. The molecule has 0 spiro atoms. The summed E-state index contributed by atoms with van der Waals surface area (Å²) >= 11 is 3.38. The van der Waals surface area contributed by atoms with Gasteiger partial charge in [0.1, 0.15) is 5.82 Å². The van der Waals surface area contributed by atoms with Crippen molar-refractivity contribution in [2.75, 3.05) is 17.7 Å². The number of thiophene rings is 1. The minimum absolute atomic E-state index is 0.00390. The average Bonchev–Trinajstić information content (AvgIpc) is 3.01. The summed E-state index contributed by atoms with van der Waals surface area (Å²) < 4.78 is 0. The van der Waals surface area contributed by atoms with Crippen LogP contribution in [0.5, 0.6) is 0 Å². The Morgan fingerprint density at radius 2 is 2.32 bits per heavy atom. The summed E-state index contributed by atoms with van der Waals surface area (Å²) in [6.45, 7) is 0.184. The van der Waals surface area contributed by atoms with E-state index in [1.807, 2.05) is 18.2 Å². The van der Waals surface area contributed by atoms with E-state index < -0.39 is 0 Å². The molecule has 22 heavy (non-hydrogen) atoms. The number of hydrogen-bond donors (Lipinski definition) is 2. The van der Waals surface area contributed by atoms with Crippen LogP contribution >= 0.6 is 23.1 Å². The van der Waals surface area contributed by atoms with Crippen molar-refractivity contribution in [3.63, 3.8) is 0 Å². The van der Waals surface area contributed by atoms with Crippen LogP contribution in [0.15, 0.2) is 35.8 Å². The van der Waals surface area contributed by atoms with Crippen LogP contribution in [0, 0.1) is 0 Å². The van der Waals surface area contributed by atoms with Gasteiger partial charge in [-0.15, -0.1) is 11.3 Å². The van der Waals surface area contributed by atoms with E-state index in [9.17, 15) is 4.79 Å². The molecule has 0 radical (unpaired) electrons. The Morgan fingerprint density at radius 1 is 1.41 bits per heavy atom. The van der Waals surface area contributed by atoms with E-state index in [0.29, 0.717) is 18.0 Å². The number of rotatable bonds is 9. The Morgan fingerprint density at radius 3 is 3.09 bits per heavy atom. The minimum atomic E-state index is 0.00390. The Balaban J connectivity index is 1.74. The molecule has 0 bridgehead atoms. The van der Waals surface area contributed by atoms with Gasteiger partial charge in [-0.1, -0.05) is 6.07 Å². The highest BCUT2D eigenvalue weighted by Crippen LogP contribution is 2.15. The summed E-state index contributed by atoms with van der Waals surface area (Å²) in [5, 5.41) is 13.7. The first kappa shape index (κ1) is 17.0. The van der Waals surface area contributed by atoms with Crippen LogP contribution in [0.3, 0.4) is 0 Å². The second-order valence-electron chi connectivity index (χ2n) is 4.81. The van der Waals surface area contributed by atoms with E-state index >= 15 is 0 Å². The van der Waals surface area contributed by atoms with Crippen molar-refractivity contribution in [1.29, 1.82) is 0 Å². The molecule has 1 amide bonds. The van der Waals surface area contributed by atoms with Gasteiger partial charge in [-0.2, -0.15) is 11.8 Å². The maximum Gasteiger partial charge on any atom is 0.225 e. The molecule has 2 aromatic heterocycles. The van der Waals surface area contributed by atoms with Gasteiger partial charge in [0.05, 0.1) is 6.61 Å². The molecule has 2 N–H and O–H groups in total. The number of carbonyl (C=O) groups excluding carboxylic acids is 1. The first-order valence-electron chi connectivity index (χ1n) is 7.23. The molecular formula is C16H20N2O2S2. The Kier molecular flexibility index (Phi) is 7.42. The van der Waals surface area contributed by atoms with Gasteiger partial charge in [-0.25, -0.2) is 4.98 Å². The Labute approximate surface area is 139 Å². The van der Waals surface area contributed by atoms with E-state index in [0.717, 1.165) is 24.2 Å². The van der Waals surface area contributed by atoms with Gasteiger partial charge in [-0.05, 0) is 42.0 Å². The highest BCUT2D eigenvalue weighted by Gasteiger charge is 2.05. The fraction of sp³-hybridized carbons (Fsp3) is 0.375. The van der Waals surface area contributed by atoms with E-state index in [1.54, 1.807) is 29.3 Å². The van der Waals surface area contributed by atoms with Crippen molar-refractivity contribution in [3.05, 3.63) is 46.3 Å². The molecule has 2 rings (SSSR count). The normalized spacial score (nSPS) is 10.6. The number of aliphatic hydroxyl groups excluding tert-OH is 1. The van der Waals surface area contributed by atoms with Crippen LogP contribution in [0.25, 0.3) is 0 Å². The molecule has 0 atom stereocenters. The van der Waals surface area contributed by atoms with Gasteiger partial charge in [0.25, 0.3) is 0 Å². The van der Waals surface area contributed by atoms with Gasteiger partial charge in [0.15, 0.2) is 0 Å². The SMILES string of the molecule is O=C(CCCc1cccs1)Nc1cc(CSCCO)ccn1. The van der Waals surface area contributed by atoms with Crippen LogP contribution in [0.1, 0.15) is 23.3 Å². The summed E-state index contributed by atoms with van der Waals surface area (Å²) in [6.07, 6.45) is 3.99. The van der Waals surface area contributed by atoms with Crippen molar-refractivity contribution in [2.45, 2.75) is 25.0 Å². The summed E-state index contributed by atoms with van der Waals surface area (Å²) in [7, 11) is 0. The molecule has 0 saturated heterocycles. The maximum absolute atomic E-state index is 11.9. The lowest BCUT2D eigenvalue weighted by Gasteiger charge is -2.06. The van der Waals surface area contributed by atoms with Gasteiger partial charge in [-0.3, -0.25) is 4.79 Å². The standard InChI is InChI=1S/C16H20N2O2S2/c19-8-10-21-12-13-6-7-17-15(11-13)18-16(20)5-1-3-14-4-2-9-22-14/h2,4,6-7,9,11,19H,1,3,5,8,10,12H2,(H,17,18,20). The molecular weight excluding hydrogens is 316 g/mol. The van der Waals surface area contributed by atoms with Crippen LogP contribution in [-0.2, 0) is 17.0 Å². The monoisotopic (exact) mass is 336 g/mol. The summed E-state index contributed by atoms with van der Waals surface area (Å²) in [4.78, 5) is 17.4. The number of aliphatic hydroxyl groups is 1. The molecule has 0 aromatic carbocycles. The second-order valence-corrected chi connectivity index (χ2v) is 6.94. The van der Waals surface area contributed by atoms with E-state index in [1.165, 1.54) is 4.88 Å². The highest BCUT2D eigenvalue weighted by atomic mass is 32.2. The predicted octanol–water partition coefficient (Wildman–Crippen LogP) is 3.33. The summed E-state index contributed by atoms with van der Waals surface area (Å²) in [6, 6.07) is 7.94. The first-order chi connectivity index (χ1) is 10.8. The van der Waals surface area contributed by atoms with Crippen molar-refractivity contribution < 1.29 is 9.90 Å². The largest absolute Gasteiger partial charge is 0.396 e. The Hall–Kier alpha value is -1.37. The minimum Gasteiger partial charge on any atom is -0.396 e. The van der Waals surface area contributed by atoms with Crippen LogP contribution in [-0.4, -0.2) is 28.4 Å². The third-order valence-electron chi connectivity index (χ3n) is 3.00. The number of carbonyl (C=O) groups is 1. The zero-order valence-corrected chi connectivity index (χ0v) is 14.0. The van der Waals surface area contributed by atoms with Crippen LogP contribution in [0.4, 0.5) is 5.82 Å². The molecule has 6 heteroatoms.